The molecule has 0 aromatic heterocycles. The molecule has 0 spiro atoms. The molecule has 1 aliphatic carbocycles. The third kappa shape index (κ3) is 4.25. The van der Waals surface area contributed by atoms with Gasteiger partial charge in [0.15, 0.2) is 0 Å². The van der Waals surface area contributed by atoms with E-state index in [0.717, 1.165) is 16.3 Å². The Morgan fingerprint density at radius 1 is 0.806 bits per heavy atom. The lowest BCUT2D eigenvalue weighted by Crippen LogP contribution is -2.36. The Labute approximate surface area is 178 Å². The van der Waals surface area contributed by atoms with Crippen molar-refractivity contribution in [2.45, 2.75) is 0 Å². The fraction of sp³-hybridized carbons (Fsp3) is 0. The quantitative estimate of drug-likeness (QED) is 0.446. The molecule has 4 rings (SSSR count). The molecule has 1 aliphatic rings. The number of phenols is 1. The summed E-state index contributed by atoms with van der Waals surface area (Å²) < 4.78 is 0. The molecular formula is C24H18N3O4-. The van der Waals surface area contributed by atoms with Crippen LogP contribution in [0.3, 0.4) is 0 Å². The van der Waals surface area contributed by atoms with Gasteiger partial charge in [-0.3, -0.25) is 15.6 Å². The molecule has 0 aliphatic heterocycles. The summed E-state index contributed by atoms with van der Waals surface area (Å²) in [5, 5.41) is 33.9. The van der Waals surface area contributed by atoms with Gasteiger partial charge in [-0.15, -0.1) is 0 Å². The molecule has 154 valence electrons. The van der Waals surface area contributed by atoms with Crippen LogP contribution in [0.1, 0.15) is 15.9 Å². The zero-order valence-electron chi connectivity index (χ0n) is 16.3. The van der Waals surface area contributed by atoms with E-state index in [0.29, 0.717) is 11.3 Å². The van der Waals surface area contributed by atoms with Gasteiger partial charge in [0.2, 0.25) is 5.71 Å². The number of amides is 1. The number of rotatable bonds is 4. The van der Waals surface area contributed by atoms with E-state index in [4.69, 9.17) is 0 Å². The van der Waals surface area contributed by atoms with Crippen LogP contribution in [0.4, 0.5) is 0 Å². The first-order chi connectivity index (χ1) is 15.0. The van der Waals surface area contributed by atoms with Gasteiger partial charge in [0.25, 0.3) is 5.91 Å². The lowest BCUT2D eigenvalue weighted by atomic mass is 10.0. The Morgan fingerprint density at radius 2 is 1.42 bits per heavy atom. The van der Waals surface area contributed by atoms with Crippen molar-refractivity contribution in [3.05, 3.63) is 118 Å². The summed E-state index contributed by atoms with van der Waals surface area (Å²) >= 11 is 0. The Bertz CT molecular complexity index is 1250. The summed E-state index contributed by atoms with van der Waals surface area (Å²) in [6, 6.07) is 19.8. The molecule has 3 aromatic carbocycles. The number of carbonyl (C=O) groups excluding carboxylic acids is 1. The monoisotopic (exact) mass is 412 g/mol. The number of benzene rings is 3. The van der Waals surface area contributed by atoms with Gasteiger partial charge in [0, 0.05) is 17.7 Å². The number of nitrogens with one attached hydrogen (secondary N) is 2. The minimum Gasteiger partial charge on any atom is -0.612 e. The third-order valence-electron chi connectivity index (χ3n) is 4.84. The van der Waals surface area contributed by atoms with Gasteiger partial charge < -0.3 is 15.5 Å². The minimum atomic E-state index is -0.515. The smallest absolute Gasteiger partial charge is 0.273 e. The van der Waals surface area contributed by atoms with Crippen LogP contribution < -0.4 is 10.9 Å². The number of aromatic hydroxyl groups is 1. The van der Waals surface area contributed by atoms with E-state index in [2.05, 4.69) is 10.9 Å². The van der Waals surface area contributed by atoms with Gasteiger partial charge >= 0.3 is 0 Å². The summed E-state index contributed by atoms with van der Waals surface area (Å²) in [5.41, 5.74) is 7.62. The van der Waals surface area contributed by atoms with E-state index >= 15 is 0 Å². The van der Waals surface area contributed by atoms with E-state index in [-0.39, 0.29) is 17.0 Å². The van der Waals surface area contributed by atoms with E-state index in [1.54, 1.807) is 24.3 Å². The van der Waals surface area contributed by atoms with Gasteiger partial charge in [-0.2, -0.15) is 4.90 Å². The molecule has 1 amide bonds. The highest BCUT2D eigenvalue weighted by molar-refractivity contribution is 6.04. The van der Waals surface area contributed by atoms with Gasteiger partial charge in [-0.05, 0) is 40.6 Å². The Hall–Kier alpha value is -4.52. The van der Waals surface area contributed by atoms with Gasteiger partial charge in [-0.1, -0.05) is 54.6 Å². The van der Waals surface area contributed by atoms with Gasteiger partial charge in [-0.25, -0.2) is 0 Å². The first kappa shape index (κ1) is 19.8. The van der Waals surface area contributed by atoms with Gasteiger partial charge in [0.05, 0.1) is 11.3 Å². The molecule has 0 saturated carbocycles. The molecule has 0 radical (unpaired) electrons. The second-order valence-electron chi connectivity index (χ2n) is 6.84. The number of fused-ring (bicyclic) bond motifs is 1. The number of hydrazine groups is 1. The van der Waals surface area contributed by atoms with Crippen molar-refractivity contribution in [1.82, 2.24) is 10.9 Å². The number of hydrogen-bond acceptors (Lipinski definition) is 5. The van der Waals surface area contributed by atoms with Gasteiger partial charge in [0.1, 0.15) is 5.75 Å². The van der Waals surface area contributed by atoms with Crippen LogP contribution in [-0.4, -0.2) is 21.6 Å². The highest BCUT2D eigenvalue weighted by Crippen LogP contribution is 2.25. The molecule has 0 saturated heterocycles. The van der Waals surface area contributed by atoms with E-state index in [1.165, 1.54) is 12.2 Å². The molecule has 3 N–H and O–H groups in total. The van der Waals surface area contributed by atoms with Crippen molar-refractivity contribution >= 4 is 28.1 Å². The van der Waals surface area contributed by atoms with Crippen LogP contribution in [0.15, 0.2) is 96.6 Å². The van der Waals surface area contributed by atoms with E-state index < -0.39 is 10.8 Å². The normalized spacial score (nSPS) is 12.6. The highest BCUT2D eigenvalue weighted by atomic mass is 16.8. The van der Waals surface area contributed by atoms with Crippen molar-refractivity contribution in [3.63, 3.8) is 0 Å². The third-order valence-corrected chi connectivity index (χ3v) is 4.84. The number of carbonyl (C=O) groups is 1. The summed E-state index contributed by atoms with van der Waals surface area (Å²) in [7, 11) is 0. The number of hydrogen-bond donors (Lipinski definition) is 3. The molecule has 7 heteroatoms. The molecule has 0 bridgehead atoms. The zero-order valence-corrected chi connectivity index (χ0v) is 16.3. The molecule has 0 heterocycles. The summed E-state index contributed by atoms with van der Waals surface area (Å²) in [5.74, 6) is -0.645. The molecule has 0 fully saturated rings. The predicted molar refractivity (Wildman–Crippen MR) is 120 cm³/mol. The van der Waals surface area contributed by atoms with Crippen LogP contribution in [0.25, 0.3) is 16.5 Å². The number of allylic oxidation sites excluding steroid dienone is 5. The van der Waals surface area contributed by atoms with Crippen molar-refractivity contribution in [3.8, 4) is 5.75 Å². The maximum Gasteiger partial charge on any atom is 0.273 e. The fourth-order valence-electron chi connectivity index (χ4n) is 3.26. The first-order valence-electron chi connectivity index (χ1n) is 9.48. The lowest BCUT2D eigenvalue weighted by molar-refractivity contribution is -0.377. The maximum absolute atomic E-state index is 12.8. The molecule has 0 unspecified atom stereocenters. The fourth-order valence-corrected chi connectivity index (χ4v) is 3.26. The predicted octanol–water partition coefficient (Wildman–Crippen LogP) is 3.77. The molecule has 3 aromatic rings. The highest BCUT2D eigenvalue weighted by Gasteiger charge is 2.15. The van der Waals surface area contributed by atoms with Crippen LogP contribution in [-0.2, 0) is 0 Å². The van der Waals surface area contributed by atoms with Crippen molar-refractivity contribution < 1.29 is 14.8 Å². The van der Waals surface area contributed by atoms with Crippen molar-refractivity contribution in [2.75, 3.05) is 0 Å². The lowest BCUT2D eigenvalue weighted by Gasteiger charge is -2.17. The van der Waals surface area contributed by atoms with Crippen molar-refractivity contribution in [2.24, 2.45) is 0 Å². The zero-order chi connectivity index (χ0) is 21.8. The van der Waals surface area contributed by atoms with Crippen molar-refractivity contribution in [1.29, 1.82) is 0 Å². The van der Waals surface area contributed by atoms with Crippen LogP contribution >= 0.6 is 0 Å². The first-order valence-corrected chi connectivity index (χ1v) is 9.48. The second kappa shape index (κ2) is 8.46. The minimum absolute atomic E-state index is 0.0266. The molecule has 0 atom stereocenters. The molecule has 7 nitrogen and oxygen atoms in total. The van der Waals surface area contributed by atoms with Crippen LogP contribution in [0.5, 0.6) is 5.75 Å². The number of phenolic OH excluding ortho intramolecular Hbond substituents is 1. The summed E-state index contributed by atoms with van der Waals surface area (Å²) in [6.45, 7) is 0. The van der Waals surface area contributed by atoms with Crippen LogP contribution in [0, 0.1) is 10.4 Å². The molecule has 31 heavy (non-hydrogen) atoms. The maximum atomic E-state index is 12.8. The second-order valence-corrected chi connectivity index (χ2v) is 6.84. The SMILES string of the molecule is O=C(NNC(=C1C=CC(=[N+]([O-])[O-])C=C1)c1ccccc1)c1cc2ccccc2cc1O. The largest absolute Gasteiger partial charge is 0.612 e. The topological polar surface area (TPSA) is 110 Å². The Morgan fingerprint density at radius 3 is 2.06 bits per heavy atom. The standard InChI is InChI=1S/C24H18N3O4/c28-22-15-19-9-5-4-8-18(19)14-21(22)24(29)26-25-23(16-6-2-1-3-7-16)17-10-12-20(13-11-17)27(30)31/h1-15,25H,(H2-,26,28,29,30,31)/q-1. The average molecular weight is 412 g/mol. The van der Waals surface area contributed by atoms with E-state index in [9.17, 15) is 20.3 Å². The summed E-state index contributed by atoms with van der Waals surface area (Å²) in [6.07, 6.45) is 6.01. The Kier molecular flexibility index (Phi) is 5.40. The Balaban J connectivity index is 1.63. The average Bonchev–Trinajstić information content (AvgIpc) is 2.79. The van der Waals surface area contributed by atoms with E-state index in [1.807, 2.05) is 54.6 Å². The summed E-state index contributed by atoms with van der Waals surface area (Å²) in [4.78, 5) is 12.3. The molecular weight excluding hydrogens is 394 g/mol. The number of nitrogens with zero attached hydrogens (tertiary/aromatic N) is 1. The van der Waals surface area contributed by atoms with Crippen LogP contribution in [0.2, 0.25) is 0 Å².